The van der Waals surface area contributed by atoms with Crippen LogP contribution in [0.1, 0.15) is 28.9 Å². The number of carbonyl (C=O) groups is 2. The number of hydrogen-bond donors (Lipinski definition) is 3. The van der Waals surface area contributed by atoms with Crippen molar-refractivity contribution in [2.24, 2.45) is 0 Å². The number of nitrogens with zero attached hydrogens (tertiary/aromatic N) is 1. The third kappa shape index (κ3) is 4.04. The molecule has 3 N–H and O–H groups in total. The topological polar surface area (TPSA) is 91.3 Å². The van der Waals surface area contributed by atoms with Crippen LogP contribution in [0.15, 0.2) is 48.8 Å². The summed E-state index contributed by atoms with van der Waals surface area (Å²) in [5, 5.41) is 14.3. The molecule has 1 aromatic carbocycles. The van der Waals surface area contributed by atoms with Crippen molar-refractivity contribution < 1.29 is 14.7 Å². The van der Waals surface area contributed by atoms with E-state index in [9.17, 15) is 9.59 Å². The number of carboxylic acids is 1. The van der Waals surface area contributed by atoms with Gasteiger partial charge in [-0.05, 0) is 36.8 Å². The van der Waals surface area contributed by atoms with E-state index < -0.39 is 12.0 Å². The maximum absolute atomic E-state index is 11.9. The van der Waals surface area contributed by atoms with Gasteiger partial charge in [0, 0.05) is 18.1 Å². The maximum Gasteiger partial charge on any atom is 0.335 e. The number of anilines is 1. The quantitative estimate of drug-likeness (QED) is 0.805. The van der Waals surface area contributed by atoms with Crippen molar-refractivity contribution >= 4 is 17.7 Å². The molecule has 0 spiro atoms. The summed E-state index contributed by atoms with van der Waals surface area (Å²) in [6, 6.07) is 9.10. The van der Waals surface area contributed by atoms with Crippen molar-refractivity contribution in [2.75, 3.05) is 5.32 Å². The van der Waals surface area contributed by atoms with E-state index in [4.69, 9.17) is 5.11 Å². The zero-order chi connectivity index (χ0) is 15.2. The fourth-order valence-corrected chi connectivity index (χ4v) is 1.81. The predicted octanol–water partition coefficient (Wildman–Crippen LogP) is 2.66. The third-order valence-electron chi connectivity index (χ3n) is 2.90. The third-order valence-corrected chi connectivity index (χ3v) is 2.90. The molecule has 21 heavy (non-hydrogen) atoms. The number of amides is 2. The number of urea groups is 1. The van der Waals surface area contributed by atoms with Crippen LogP contribution in [0, 0.1) is 0 Å². The van der Waals surface area contributed by atoms with E-state index in [0.29, 0.717) is 5.69 Å². The Hall–Kier alpha value is -2.89. The Labute approximate surface area is 121 Å². The minimum atomic E-state index is -1.04. The van der Waals surface area contributed by atoms with E-state index in [1.165, 1.54) is 12.1 Å². The van der Waals surface area contributed by atoms with E-state index in [1.54, 1.807) is 30.6 Å². The molecule has 108 valence electrons. The van der Waals surface area contributed by atoms with Crippen LogP contribution >= 0.6 is 0 Å². The van der Waals surface area contributed by atoms with E-state index in [1.807, 2.05) is 13.0 Å². The molecule has 2 aromatic rings. The second-order valence-corrected chi connectivity index (χ2v) is 4.49. The highest BCUT2D eigenvalue weighted by Crippen LogP contribution is 2.13. The summed E-state index contributed by atoms with van der Waals surface area (Å²) in [7, 11) is 0. The molecular formula is C15H15N3O3. The number of carboxylic acid groups (broad SMARTS) is 1. The molecule has 0 radical (unpaired) electrons. The van der Waals surface area contributed by atoms with Crippen LogP contribution in [0.2, 0.25) is 0 Å². The molecule has 1 heterocycles. The molecule has 6 heteroatoms. The first-order valence-electron chi connectivity index (χ1n) is 6.37. The van der Waals surface area contributed by atoms with Crippen molar-refractivity contribution in [3.8, 4) is 0 Å². The summed E-state index contributed by atoms with van der Waals surface area (Å²) in [5.41, 5.74) is 1.42. The van der Waals surface area contributed by atoms with Crippen molar-refractivity contribution in [1.82, 2.24) is 10.3 Å². The number of nitrogens with one attached hydrogen (secondary N) is 2. The first-order valence-corrected chi connectivity index (χ1v) is 6.37. The Balaban J connectivity index is 1.99. The number of rotatable bonds is 4. The van der Waals surface area contributed by atoms with Crippen molar-refractivity contribution in [3.05, 3.63) is 59.9 Å². The lowest BCUT2D eigenvalue weighted by Gasteiger charge is -2.14. The van der Waals surface area contributed by atoms with Crippen LogP contribution in [0.4, 0.5) is 10.5 Å². The van der Waals surface area contributed by atoms with E-state index in [-0.39, 0.29) is 11.6 Å². The summed E-state index contributed by atoms with van der Waals surface area (Å²) >= 11 is 0. The molecule has 1 unspecified atom stereocenters. The minimum absolute atomic E-state index is 0.119. The number of hydrogen-bond acceptors (Lipinski definition) is 3. The van der Waals surface area contributed by atoms with Gasteiger partial charge in [-0.15, -0.1) is 0 Å². The summed E-state index contributed by atoms with van der Waals surface area (Å²) in [6.45, 7) is 1.84. The molecule has 0 saturated heterocycles. The van der Waals surface area contributed by atoms with E-state index in [2.05, 4.69) is 15.6 Å². The number of benzene rings is 1. The lowest BCUT2D eigenvalue weighted by Crippen LogP contribution is -2.31. The molecule has 0 aliphatic carbocycles. The first kappa shape index (κ1) is 14.5. The van der Waals surface area contributed by atoms with Gasteiger partial charge in [-0.1, -0.05) is 12.1 Å². The lowest BCUT2D eigenvalue weighted by atomic mass is 10.1. The first-order chi connectivity index (χ1) is 10.1. The largest absolute Gasteiger partial charge is 0.478 e. The van der Waals surface area contributed by atoms with Crippen LogP contribution in [0.25, 0.3) is 0 Å². The smallest absolute Gasteiger partial charge is 0.335 e. The highest BCUT2D eigenvalue weighted by atomic mass is 16.4. The summed E-state index contributed by atoms with van der Waals surface area (Å²) in [4.78, 5) is 26.7. The number of aromatic carboxylic acids is 1. The molecular weight excluding hydrogens is 270 g/mol. The Morgan fingerprint density at radius 3 is 2.71 bits per heavy atom. The highest BCUT2D eigenvalue weighted by molar-refractivity contribution is 5.93. The van der Waals surface area contributed by atoms with Gasteiger partial charge in [0.25, 0.3) is 0 Å². The van der Waals surface area contributed by atoms with E-state index in [0.717, 1.165) is 5.56 Å². The molecule has 0 aliphatic rings. The fourth-order valence-electron chi connectivity index (χ4n) is 1.81. The zero-order valence-electron chi connectivity index (χ0n) is 11.4. The lowest BCUT2D eigenvalue weighted by molar-refractivity contribution is 0.0697. The Morgan fingerprint density at radius 1 is 1.24 bits per heavy atom. The molecule has 2 amide bonds. The Bertz CT molecular complexity index is 644. The number of pyridine rings is 1. The average molecular weight is 285 g/mol. The summed E-state index contributed by atoms with van der Waals surface area (Å²) in [5.74, 6) is -1.04. The fraction of sp³-hybridized carbons (Fsp3) is 0.133. The number of carbonyl (C=O) groups excluding carboxylic acids is 1. The predicted molar refractivity (Wildman–Crippen MR) is 78.2 cm³/mol. The van der Waals surface area contributed by atoms with Gasteiger partial charge < -0.3 is 15.7 Å². The zero-order valence-corrected chi connectivity index (χ0v) is 11.4. The molecule has 0 aliphatic heterocycles. The molecule has 1 aromatic heterocycles. The molecule has 0 fully saturated rings. The van der Waals surface area contributed by atoms with Gasteiger partial charge in [-0.3, -0.25) is 4.98 Å². The van der Waals surface area contributed by atoms with Gasteiger partial charge in [0.1, 0.15) is 0 Å². The number of aromatic nitrogens is 1. The second-order valence-electron chi connectivity index (χ2n) is 4.49. The van der Waals surface area contributed by atoms with Gasteiger partial charge in [0.05, 0.1) is 11.6 Å². The van der Waals surface area contributed by atoms with Crippen LogP contribution in [0.5, 0.6) is 0 Å². The minimum Gasteiger partial charge on any atom is -0.478 e. The maximum atomic E-state index is 11.9. The molecule has 6 nitrogen and oxygen atoms in total. The van der Waals surface area contributed by atoms with Crippen LogP contribution in [-0.4, -0.2) is 22.1 Å². The van der Waals surface area contributed by atoms with Crippen LogP contribution in [-0.2, 0) is 0 Å². The van der Waals surface area contributed by atoms with Gasteiger partial charge in [-0.2, -0.15) is 0 Å². The summed E-state index contributed by atoms with van der Waals surface area (Å²) in [6.07, 6.45) is 3.34. The van der Waals surface area contributed by atoms with Crippen molar-refractivity contribution in [3.63, 3.8) is 0 Å². The van der Waals surface area contributed by atoms with Gasteiger partial charge >= 0.3 is 12.0 Å². The van der Waals surface area contributed by atoms with E-state index >= 15 is 0 Å². The van der Waals surface area contributed by atoms with Crippen LogP contribution < -0.4 is 10.6 Å². The van der Waals surface area contributed by atoms with Gasteiger partial charge in [0.15, 0.2) is 0 Å². The van der Waals surface area contributed by atoms with Gasteiger partial charge in [-0.25, -0.2) is 9.59 Å². The molecule has 1 atom stereocenters. The summed E-state index contributed by atoms with van der Waals surface area (Å²) < 4.78 is 0. The second kappa shape index (κ2) is 6.51. The Kier molecular flexibility index (Phi) is 4.50. The van der Waals surface area contributed by atoms with Crippen LogP contribution in [0.3, 0.4) is 0 Å². The SMILES string of the molecule is CC(NC(=O)Nc1cccc(C(=O)O)c1)c1cccnc1. The molecule has 2 rings (SSSR count). The highest BCUT2D eigenvalue weighted by Gasteiger charge is 2.10. The van der Waals surface area contributed by atoms with Gasteiger partial charge in [0.2, 0.25) is 0 Å². The van der Waals surface area contributed by atoms with Crippen molar-refractivity contribution in [1.29, 1.82) is 0 Å². The molecule has 0 bridgehead atoms. The van der Waals surface area contributed by atoms with Crippen molar-refractivity contribution in [2.45, 2.75) is 13.0 Å². The molecule has 0 saturated carbocycles. The normalized spacial score (nSPS) is 11.5. The standard InChI is InChI=1S/C15H15N3O3/c1-10(12-5-3-7-16-9-12)17-15(21)18-13-6-2-4-11(8-13)14(19)20/h2-10H,1H3,(H,19,20)(H2,17,18,21). The Morgan fingerprint density at radius 2 is 2.05 bits per heavy atom. The average Bonchev–Trinajstić information content (AvgIpc) is 2.48. The monoisotopic (exact) mass is 285 g/mol.